The number of nitrogens with two attached hydrogens (primary N) is 1. The zero-order valence-corrected chi connectivity index (χ0v) is 19.2. The number of nitrogens with zero attached hydrogens (tertiary/aromatic N) is 2. The van der Waals surface area contributed by atoms with Crippen molar-refractivity contribution < 1.29 is 23.9 Å². The number of ether oxygens (including phenoxy) is 1. The number of carbonyl (C=O) groups excluding carboxylic acids is 4. The maximum Gasteiger partial charge on any atom is 0.306 e. The summed E-state index contributed by atoms with van der Waals surface area (Å²) < 4.78 is 5.29. The second kappa shape index (κ2) is 9.40. The van der Waals surface area contributed by atoms with Crippen LogP contribution in [-0.4, -0.2) is 45.2 Å². The highest BCUT2D eigenvalue weighted by Gasteiger charge is 2.36. The van der Waals surface area contributed by atoms with Crippen LogP contribution in [-0.2, 0) is 25.7 Å². The van der Waals surface area contributed by atoms with E-state index >= 15 is 0 Å². The van der Waals surface area contributed by atoms with E-state index < -0.39 is 23.5 Å². The molecule has 3 amide bonds. The van der Waals surface area contributed by atoms with Crippen molar-refractivity contribution in [3.8, 4) is 11.3 Å². The fourth-order valence-corrected chi connectivity index (χ4v) is 3.69. The van der Waals surface area contributed by atoms with Crippen LogP contribution in [0.4, 0.5) is 5.69 Å². The predicted octanol–water partition coefficient (Wildman–Crippen LogP) is 2.64. The van der Waals surface area contributed by atoms with Gasteiger partial charge in [-0.1, -0.05) is 6.07 Å². The third-order valence-electron chi connectivity index (χ3n) is 5.06. The molecule has 1 atom stereocenters. The molecule has 3 N–H and O–H groups in total. The lowest BCUT2D eigenvalue weighted by molar-refractivity contribution is -0.155. The van der Waals surface area contributed by atoms with Gasteiger partial charge in [-0.3, -0.25) is 24.2 Å². The zero-order chi connectivity index (χ0) is 24.3. The monoisotopic (exact) mass is 452 g/mol. The number of hydrogen-bond donors (Lipinski definition) is 2. The molecule has 0 saturated heterocycles. The standard InChI is InChI=1S/C24H28N4O5/c1-14(29)27-17-6-8-19(26-12-17)15-5-7-18-16(11-15)13-28(23(18)32)20(22(25)31)9-10-21(30)33-24(2,3)4/h5-8,11-12,20H,9-10,13H2,1-4H3,(H2,25,31)(H,27,29). The Kier molecular flexibility index (Phi) is 6.81. The number of rotatable bonds is 7. The maximum atomic E-state index is 13.0. The van der Waals surface area contributed by atoms with Gasteiger partial charge in [-0.2, -0.15) is 0 Å². The van der Waals surface area contributed by atoms with E-state index in [2.05, 4.69) is 10.3 Å². The van der Waals surface area contributed by atoms with E-state index in [4.69, 9.17) is 10.5 Å². The van der Waals surface area contributed by atoms with Crippen molar-refractivity contribution in [3.05, 3.63) is 47.7 Å². The number of benzene rings is 1. The van der Waals surface area contributed by atoms with Crippen LogP contribution in [0.1, 0.15) is 56.5 Å². The van der Waals surface area contributed by atoms with E-state index in [1.54, 1.807) is 51.2 Å². The molecule has 1 aliphatic rings. The summed E-state index contributed by atoms with van der Waals surface area (Å²) >= 11 is 0. The van der Waals surface area contributed by atoms with Gasteiger partial charge >= 0.3 is 5.97 Å². The first kappa shape index (κ1) is 23.9. The summed E-state index contributed by atoms with van der Waals surface area (Å²) in [4.78, 5) is 54.1. The number of carbonyl (C=O) groups is 4. The molecule has 1 aromatic carbocycles. The molecular formula is C24H28N4O5. The van der Waals surface area contributed by atoms with Crippen LogP contribution in [0.25, 0.3) is 11.3 Å². The molecule has 2 aromatic rings. The minimum atomic E-state index is -0.920. The molecule has 0 radical (unpaired) electrons. The summed E-state index contributed by atoms with van der Waals surface area (Å²) in [6.45, 7) is 6.91. The molecule has 9 heteroatoms. The number of primary amides is 1. The van der Waals surface area contributed by atoms with Gasteiger partial charge in [0.2, 0.25) is 11.8 Å². The van der Waals surface area contributed by atoms with E-state index in [0.717, 1.165) is 11.1 Å². The number of pyridine rings is 1. The van der Waals surface area contributed by atoms with Crippen molar-refractivity contribution in [1.82, 2.24) is 9.88 Å². The number of aromatic nitrogens is 1. The Morgan fingerprint density at radius 1 is 1.21 bits per heavy atom. The van der Waals surface area contributed by atoms with Crippen molar-refractivity contribution in [2.75, 3.05) is 5.32 Å². The maximum absolute atomic E-state index is 13.0. The summed E-state index contributed by atoms with van der Waals surface area (Å²) in [5.74, 6) is -1.61. The van der Waals surface area contributed by atoms with Crippen molar-refractivity contribution in [3.63, 3.8) is 0 Å². The molecule has 0 aliphatic carbocycles. The third-order valence-corrected chi connectivity index (χ3v) is 5.06. The fourth-order valence-electron chi connectivity index (χ4n) is 3.69. The van der Waals surface area contributed by atoms with E-state index in [1.807, 2.05) is 6.07 Å². The van der Waals surface area contributed by atoms with Crippen molar-refractivity contribution in [2.24, 2.45) is 5.73 Å². The average molecular weight is 453 g/mol. The van der Waals surface area contributed by atoms with E-state index in [1.165, 1.54) is 11.8 Å². The van der Waals surface area contributed by atoms with Gasteiger partial charge in [0.25, 0.3) is 5.91 Å². The first-order valence-electron chi connectivity index (χ1n) is 10.6. The van der Waals surface area contributed by atoms with Crippen LogP contribution in [0.5, 0.6) is 0 Å². The highest BCUT2D eigenvalue weighted by atomic mass is 16.6. The molecule has 9 nitrogen and oxygen atoms in total. The Bertz CT molecular complexity index is 1090. The molecule has 0 fully saturated rings. The molecule has 0 saturated carbocycles. The lowest BCUT2D eigenvalue weighted by atomic mass is 10.0. The van der Waals surface area contributed by atoms with Gasteiger partial charge in [0, 0.05) is 31.0 Å². The molecule has 1 aliphatic heterocycles. The van der Waals surface area contributed by atoms with E-state index in [9.17, 15) is 19.2 Å². The SMILES string of the molecule is CC(=O)Nc1ccc(-c2ccc3c(c2)CN(C(CCC(=O)OC(C)(C)C)C(N)=O)C3=O)nc1. The van der Waals surface area contributed by atoms with Crippen LogP contribution >= 0.6 is 0 Å². The van der Waals surface area contributed by atoms with Gasteiger partial charge in [0.15, 0.2) is 0 Å². The van der Waals surface area contributed by atoms with Crippen molar-refractivity contribution in [1.29, 1.82) is 0 Å². The second-order valence-corrected chi connectivity index (χ2v) is 8.96. The predicted molar refractivity (Wildman–Crippen MR) is 122 cm³/mol. The number of fused-ring (bicyclic) bond motifs is 1. The minimum Gasteiger partial charge on any atom is -0.460 e. The topological polar surface area (TPSA) is 132 Å². The molecule has 174 valence electrons. The van der Waals surface area contributed by atoms with Gasteiger partial charge in [-0.15, -0.1) is 0 Å². The van der Waals surface area contributed by atoms with Crippen LogP contribution in [0, 0.1) is 0 Å². The summed E-state index contributed by atoms with van der Waals surface area (Å²) in [5.41, 5.74) is 8.22. The molecule has 1 unspecified atom stereocenters. The Morgan fingerprint density at radius 3 is 2.52 bits per heavy atom. The fraction of sp³-hybridized carbons (Fsp3) is 0.375. The number of esters is 1. The summed E-state index contributed by atoms with van der Waals surface area (Å²) in [6, 6.07) is 7.92. The third kappa shape index (κ3) is 5.94. The Balaban J connectivity index is 1.75. The van der Waals surface area contributed by atoms with Crippen LogP contribution in [0.2, 0.25) is 0 Å². The van der Waals surface area contributed by atoms with Gasteiger partial charge < -0.3 is 20.7 Å². The molecule has 3 rings (SSSR count). The molecule has 2 heterocycles. The van der Waals surface area contributed by atoms with Crippen LogP contribution in [0.15, 0.2) is 36.5 Å². The first-order valence-corrected chi connectivity index (χ1v) is 10.6. The lowest BCUT2D eigenvalue weighted by Crippen LogP contribution is -2.45. The Hall–Kier alpha value is -3.75. The number of anilines is 1. The van der Waals surface area contributed by atoms with Crippen molar-refractivity contribution >= 4 is 29.4 Å². The normalized spacial score (nSPS) is 13.9. The first-order chi connectivity index (χ1) is 15.4. The van der Waals surface area contributed by atoms with Gasteiger partial charge in [-0.25, -0.2) is 0 Å². The summed E-state index contributed by atoms with van der Waals surface area (Å²) in [6.07, 6.45) is 1.62. The Labute approximate surface area is 192 Å². The average Bonchev–Trinajstić information content (AvgIpc) is 3.02. The van der Waals surface area contributed by atoms with Crippen molar-refractivity contribution in [2.45, 2.75) is 58.7 Å². The van der Waals surface area contributed by atoms with Crippen LogP contribution < -0.4 is 11.1 Å². The quantitative estimate of drug-likeness (QED) is 0.621. The van der Waals surface area contributed by atoms with Gasteiger partial charge in [0.05, 0.1) is 17.6 Å². The number of nitrogens with one attached hydrogen (secondary N) is 1. The summed E-state index contributed by atoms with van der Waals surface area (Å²) in [7, 11) is 0. The highest BCUT2D eigenvalue weighted by molar-refractivity contribution is 6.01. The second-order valence-electron chi connectivity index (χ2n) is 8.96. The van der Waals surface area contributed by atoms with Crippen LogP contribution in [0.3, 0.4) is 0 Å². The summed E-state index contributed by atoms with van der Waals surface area (Å²) in [5, 5.41) is 2.66. The molecule has 1 aromatic heterocycles. The van der Waals surface area contributed by atoms with E-state index in [-0.39, 0.29) is 31.2 Å². The minimum absolute atomic E-state index is 0.0270. The van der Waals surface area contributed by atoms with Gasteiger partial charge in [0.1, 0.15) is 11.6 Å². The smallest absolute Gasteiger partial charge is 0.306 e. The Morgan fingerprint density at radius 2 is 1.94 bits per heavy atom. The van der Waals surface area contributed by atoms with E-state index in [0.29, 0.717) is 16.9 Å². The van der Waals surface area contributed by atoms with Gasteiger partial charge in [-0.05, 0) is 57.0 Å². The molecule has 33 heavy (non-hydrogen) atoms. The molecule has 0 spiro atoms. The lowest BCUT2D eigenvalue weighted by Gasteiger charge is -2.25. The molecular weight excluding hydrogens is 424 g/mol. The largest absolute Gasteiger partial charge is 0.460 e. The number of hydrogen-bond acceptors (Lipinski definition) is 6. The number of amides is 3. The highest BCUT2D eigenvalue weighted by Crippen LogP contribution is 2.30. The zero-order valence-electron chi connectivity index (χ0n) is 19.2. The molecule has 0 bridgehead atoms.